The molecular formula is C19H15BrClNO4. The minimum Gasteiger partial charge on any atom is -0.493 e. The van der Waals surface area contributed by atoms with Crippen LogP contribution >= 0.6 is 27.5 Å². The van der Waals surface area contributed by atoms with Crippen LogP contribution in [0.2, 0.25) is 5.02 Å². The Morgan fingerprint density at radius 3 is 2.54 bits per heavy atom. The number of rotatable bonds is 6. The summed E-state index contributed by atoms with van der Waals surface area (Å²) < 4.78 is 16.1. The van der Waals surface area contributed by atoms with Crippen LogP contribution in [0.5, 0.6) is 11.5 Å². The Morgan fingerprint density at radius 2 is 1.96 bits per heavy atom. The van der Waals surface area contributed by atoms with Crippen molar-refractivity contribution in [2.24, 2.45) is 0 Å². The molecule has 0 N–H and O–H groups in total. The van der Waals surface area contributed by atoms with E-state index in [1.165, 1.54) is 14.2 Å². The van der Waals surface area contributed by atoms with Crippen molar-refractivity contribution >= 4 is 45.1 Å². The highest BCUT2D eigenvalue weighted by Gasteiger charge is 2.14. The molecule has 5 nitrogen and oxygen atoms in total. The molecule has 0 spiro atoms. The Bertz CT molecular complexity index is 872. The van der Waals surface area contributed by atoms with E-state index in [4.69, 9.17) is 21.1 Å². The largest absolute Gasteiger partial charge is 0.493 e. The Balaban J connectivity index is 2.37. The van der Waals surface area contributed by atoms with E-state index in [-0.39, 0.29) is 17.4 Å². The van der Waals surface area contributed by atoms with Crippen LogP contribution in [-0.4, -0.2) is 26.8 Å². The van der Waals surface area contributed by atoms with E-state index in [0.29, 0.717) is 16.9 Å². The van der Waals surface area contributed by atoms with Gasteiger partial charge in [-0.3, -0.25) is 0 Å². The fourth-order valence-corrected chi connectivity index (χ4v) is 2.67. The van der Waals surface area contributed by atoms with E-state index >= 15 is 0 Å². The van der Waals surface area contributed by atoms with Gasteiger partial charge in [0, 0.05) is 4.47 Å². The Labute approximate surface area is 164 Å². The number of halogens is 2. The summed E-state index contributed by atoms with van der Waals surface area (Å²) >= 11 is 9.62. The average Bonchev–Trinajstić information content (AvgIpc) is 2.65. The number of nitrogens with zero attached hydrogens (tertiary/aromatic N) is 1. The van der Waals surface area contributed by atoms with Gasteiger partial charge in [0.25, 0.3) is 0 Å². The molecule has 2 rings (SSSR count). The van der Waals surface area contributed by atoms with Gasteiger partial charge in [-0.25, -0.2) is 4.79 Å². The molecule has 134 valence electrons. The predicted octanol–water partition coefficient (Wildman–Crippen LogP) is 4.73. The monoisotopic (exact) mass is 435 g/mol. The number of carbonyl (C=O) groups excluding carboxylic acids is 1. The van der Waals surface area contributed by atoms with Crippen molar-refractivity contribution < 1.29 is 19.0 Å². The molecule has 0 saturated heterocycles. The number of carbonyl (C=O) groups is 1. The number of nitriles is 1. The smallest absolute Gasteiger partial charge is 0.343 e. The van der Waals surface area contributed by atoms with Crippen molar-refractivity contribution in [3.05, 3.63) is 57.0 Å². The Kier molecular flexibility index (Phi) is 7.07. The van der Waals surface area contributed by atoms with Crippen LogP contribution in [0.4, 0.5) is 0 Å². The van der Waals surface area contributed by atoms with Crippen LogP contribution in [0.1, 0.15) is 11.1 Å². The standard InChI is InChI=1S/C19H15BrClNO4/c1-24-17-9-12(8-16(21)19(17)26-11-18(23)25-2)7-14(10-22)13-3-5-15(20)6-4-13/h3-9H,11H2,1-2H3/b14-7-. The summed E-state index contributed by atoms with van der Waals surface area (Å²) in [6.45, 7) is -0.288. The Hall–Kier alpha value is -2.49. The van der Waals surface area contributed by atoms with Crippen LogP contribution in [0.15, 0.2) is 40.9 Å². The maximum Gasteiger partial charge on any atom is 0.343 e. The molecule has 0 aromatic heterocycles. The molecule has 0 aliphatic heterocycles. The molecular weight excluding hydrogens is 422 g/mol. The van der Waals surface area contributed by atoms with Crippen LogP contribution in [0, 0.1) is 11.3 Å². The zero-order valence-electron chi connectivity index (χ0n) is 14.1. The van der Waals surface area contributed by atoms with Crippen molar-refractivity contribution in [3.63, 3.8) is 0 Å². The first-order valence-corrected chi connectivity index (χ1v) is 8.60. The van der Waals surface area contributed by atoms with Crippen LogP contribution in [0.25, 0.3) is 11.6 Å². The van der Waals surface area contributed by atoms with Gasteiger partial charge >= 0.3 is 5.97 Å². The SMILES string of the molecule is COC(=O)COc1c(Cl)cc(/C=C(/C#N)c2ccc(Br)cc2)cc1OC. The quantitative estimate of drug-likeness (QED) is 0.372. The van der Waals surface area contributed by atoms with Crippen LogP contribution < -0.4 is 9.47 Å². The third-order valence-corrected chi connectivity index (χ3v) is 4.21. The van der Waals surface area contributed by atoms with Gasteiger partial charge in [-0.2, -0.15) is 5.26 Å². The van der Waals surface area contributed by atoms with Crippen LogP contribution in [-0.2, 0) is 9.53 Å². The highest BCUT2D eigenvalue weighted by Crippen LogP contribution is 2.37. The summed E-state index contributed by atoms with van der Waals surface area (Å²) in [5.74, 6) is 0.0497. The molecule has 0 amide bonds. The van der Waals surface area contributed by atoms with Gasteiger partial charge < -0.3 is 14.2 Å². The molecule has 0 fully saturated rings. The number of methoxy groups -OCH3 is 2. The fourth-order valence-electron chi connectivity index (χ4n) is 2.13. The van der Waals surface area contributed by atoms with E-state index in [1.807, 2.05) is 24.3 Å². The first kappa shape index (κ1) is 19.8. The third kappa shape index (κ3) is 5.01. The number of hydrogen-bond acceptors (Lipinski definition) is 5. The summed E-state index contributed by atoms with van der Waals surface area (Å²) in [6.07, 6.45) is 1.70. The van der Waals surface area contributed by atoms with Crippen LogP contribution in [0.3, 0.4) is 0 Å². The molecule has 0 unspecified atom stereocenters. The number of ether oxygens (including phenoxy) is 3. The lowest BCUT2D eigenvalue weighted by Gasteiger charge is -2.12. The van der Waals surface area contributed by atoms with Gasteiger partial charge in [-0.1, -0.05) is 39.7 Å². The third-order valence-electron chi connectivity index (χ3n) is 3.40. The number of allylic oxidation sites excluding steroid dienone is 1. The fraction of sp³-hybridized carbons (Fsp3) is 0.158. The maximum absolute atomic E-state index is 11.2. The topological polar surface area (TPSA) is 68.5 Å². The minimum absolute atomic E-state index is 0.235. The lowest BCUT2D eigenvalue weighted by molar-refractivity contribution is -0.142. The molecule has 0 aliphatic carbocycles. The van der Waals surface area contributed by atoms with Gasteiger partial charge in [0.2, 0.25) is 0 Å². The first-order valence-electron chi connectivity index (χ1n) is 7.43. The molecule has 0 aliphatic rings. The highest BCUT2D eigenvalue weighted by atomic mass is 79.9. The molecule has 26 heavy (non-hydrogen) atoms. The molecule has 0 heterocycles. The maximum atomic E-state index is 11.2. The molecule has 2 aromatic rings. The second-order valence-corrected chi connectivity index (χ2v) is 6.40. The molecule has 0 saturated carbocycles. The minimum atomic E-state index is -0.533. The first-order chi connectivity index (χ1) is 12.5. The van der Waals surface area contributed by atoms with E-state index in [1.54, 1.807) is 18.2 Å². The van der Waals surface area contributed by atoms with Gasteiger partial charge in [-0.05, 0) is 41.5 Å². The summed E-state index contributed by atoms with van der Waals surface area (Å²) in [5.41, 5.74) is 1.91. The van der Waals surface area contributed by atoms with Gasteiger partial charge in [0.15, 0.2) is 18.1 Å². The van der Waals surface area contributed by atoms with Crippen molar-refractivity contribution in [1.82, 2.24) is 0 Å². The molecule has 0 bridgehead atoms. The number of hydrogen-bond donors (Lipinski definition) is 0. The summed E-state index contributed by atoms with van der Waals surface area (Å²) in [7, 11) is 2.73. The highest BCUT2D eigenvalue weighted by molar-refractivity contribution is 9.10. The normalized spacial score (nSPS) is 10.8. The number of esters is 1. The summed E-state index contributed by atoms with van der Waals surface area (Å²) in [4.78, 5) is 11.2. The summed E-state index contributed by atoms with van der Waals surface area (Å²) in [5, 5.41) is 9.72. The predicted molar refractivity (Wildman–Crippen MR) is 103 cm³/mol. The average molecular weight is 437 g/mol. The van der Waals surface area contributed by atoms with Gasteiger partial charge in [-0.15, -0.1) is 0 Å². The van der Waals surface area contributed by atoms with Crippen molar-refractivity contribution in [1.29, 1.82) is 5.26 Å². The lowest BCUT2D eigenvalue weighted by Crippen LogP contribution is -2.13. The van der Waals surface area contributed by atoms with E-state index in [9.17, 15) is 10.1 Å². The zero-order valence-corrected chi connectivity index (χ0v) is 16.4. The zero-order chi connectivity index (χ0) is 19.1. The van der Waals surface area contributed by atoms with E-state index in [2.05, 4.69) is 26.7 Å². The molecule has 2 aromatic carbocycles. The van der Waals surface area contributed by atoms with Crippen molar-refractivity contribution in [2.75, 3.05) is 20.8 Å². The second kappa shape index (κ2) is 9.27. The van der Waals surface area contributed by atoms with Gasteiger partial charge in [0.1, 0.15) is 0 Å². The molecule has 7 heteroatoms. The van der Waals surface area contributed by atoms with E-state index in [0.717, 1.165) is 10.0 Å². The summed E-state index contributed by atoms with van der Waals surface area (Å²) in [6, 6.07) is 12.9. The van der Waals surface area contributed by atoms with E-state index < -0.39 is 5.97 Å². The van der Waals surface area contributed by atoms with Gasteiger partial charge in [0.05, 0.1) is 30.9 Å². The Morgan fingerprint density at radius 1 is 1.27 bits per heavy atom. The number of benzene rings is 2. The molecule has 0 atom stereocenters. The lowest BCUT2D eigenvalue weighted by atomic mass is 10.0. The van der Waals surface area contributed by atoms with Crippen molar-refractivity contribution in [2.45, 2.75) is 0 Å². The van der Waals surface area contributed by atoms with Crippen molar-refractivity contribution in [3.8, 4) is 17.6 Å². The molecule has 0 radical (unpaired) electrons. The second-order valence-electron chi connectivity index (χ2n) is 5.08.